The molecule has 0 aliphatic heterocycles. The van der Waals surface area contributed by atoms with E-state index < -0.39 is 8.32 Å². The molecule has 0 aromatic carbocycles. The van der Waals surface area contributed by atoms with Crippen LogP contribution < -0.4 is 0 Å². The zero-order chi connectivity index (χ0) is 12.4. The fraction of sp³-hybridized carbons (Fsp3) is 0.769. The van der Waals surface area contributed by atoms with E-state index in [0.717, 1.165) is 13.0 Å². The van der Waals surface area contributed by atoms with Crippen LogP contribution in [0.3, 0.4) is 0 Å². The average Bonchev–Trinajstić information content (AvgIpc) is 2.49. The van der Waals surface area contributed by atoms with Crippen LogP contribution in [0.2, 0.25) is 18.1 Å². The Labute approximate surface area is 100 Å². The number of hydrogen-bond acceptors (Lipinski definition) is 2. The van der Waals surface area contributed by atoms with Crippen molar-refractivity contribution in [2.24, 2.45) is 5.92 Å². The molecular formula is C13H24O2Si. The second kappa shape index (κ2) is 4.84. The molecule has 0 bridgehead atoms. The molecule has 0 unspecified atom stereocenters. The summed E-state index contributed by atoms with van der Waals surface area (Å²) in [5.41, 5.74) is 0. The highest BCUT2D eigenvalue weighted by Gasteiger charge is 2.37. The molecule has 0 aromatic rings. The molecular weight excluding hydrogens is 216 g/mol. The lowest BCUT2D eigenvalue weighted by atomic mass is 10.1. The number of ketones is 1. The van der Waals surface area contributed by atoms with Crippen molar-refractivity contribution in [1.82, 2.24) is 0 Å². The fourth-order valence-corrected chi connectivity index (χ4v) is 2.58. The molecule has 0 saturated heterocycles. The van der Waals surface area contributed by atoms with Crippen LogP contribution in [0.15, 0.2) is 12.2 Å². The maximum Gasteiger partial charge on any atom is 0.191 e. The highest BCUT2D eigenvalue weighted by atomic mass is 28.4. The number of carbonyl (C=O) groups is 1. The number of hydrogen-bond donors (Lipinski definition) is 0. The Morgan fingerprint density at radius 2 is 2.06 bits per heavy atom. The van der Waals surface area contributed by atoms with E-state index in [-0.39, 0.29) is 10.8 Å². The van der Waals surface area contributed by atoms with Crippen LogP contribution in [0.4, 0.5) is 0 Å². The van der Waals surface area contributed by atoms with Crippen molar-refractivity contribution in [3.8, 4) is 0 Å². The summed E-state index contributed by atoms with van der Waals surface area (Å²) >= 11 is 0. The summed E-state index contributed by atoms with van der Waals surface area (Å²) in [6, 6.07) is 0. The van der Waals surface area contributed by atoms with Crippen LogP contribution >= 0.6 is 0 Å². The monoisotopic (exact) mass is 240 g/mol. The first-order chi connectivity index (χ1) is 7.22. The summed E-state index contributed by atoms with van der Waals surface area (Å²) < 4.78 is 6.08. The van der Waals surface area contributed by atoms with E-state index >= 15 is 0 Å². The van der Waals surface area contributed by atoms with E-state index in [9.17, 15) is 4.79 Å². The Morgan fingerprint density at radius 3 is 2.50 bits per heavy atom. The molecule has 0 saturated carbocycles. The molecule has 3 heteroatoms. The van der Waals surface area contributed by atoms with Crippen molar-refractivity contribution in [3.63, 3.8) is 0 Å². The molecule has 16 heavy (non-hydrogen) atoms. The van der Waals surface area contributed by atoms with E-state index in [0.29, 0.717) is 12.3 Å². The minimum Gasteiger partial charge on any atom is -0.417 e. The van der Waals surface area contributed by atoms with E-state index in [1.54, 1.807) is 6.08 Å². The molecule has 92 valence electrons. The van der Waals surface area contributed by atoms with Gasteiger partial charge >= 0.3 is 0 Å². The lowest BCUT2D eigenvalue weighted by molar-refractivity contribution is -0.114. The highest BCUT2D eigenvalue weighted by Crippen LogP contribution is 2.36. The lowest BCUT2D eigenvalue weighted by Gasteiger charge is -2.36. The molecule has 0 fully saturated rings. The Morgan fingerprint density at radius 1 is 1.44 bits per heavy atom. The molecule has 1 atom stereocenters. The molecule has 1 aliphatic carbocycles. The van der Waals surface area contributed by atoms with Crippen LogP contribution in [0, 0.1) is 5.92 Å². The summed E-state index contributed by atoms with van der Waals surface area (Å²) in [6.45, 7) is 12.1. The molecule has 0 amide bonds. The molecule has 0 spiro atoms. The topological polar surface area (TPSA) is 26.3 Å². The zero-order valence-corrected chi connectivity index (χ0v) is 12.2. The van der Waals surface area contributed by atoms with Gasteiger partial charge in [-0.3, -0.25) is 4.79 Å². The van der Waals surface area contributed by atoms with E-state index in [2.05, 4.69) is 33.9 Å². The summed E-state index contributed by atoms with van der Waals surface area (Å²) in [4.78, 5) is 11.1. The van der Waals surface area contributed by atoms with Crippen LogP contribution in [-0.2, 0) is 9.22 Å². The van der Waals surface area contributed by atoms with Gasteiger partial charge in [0.25, 0.3) is 0 Å². The molecule has 0 radical (unpaired) electrons. The quantitative estimate of drug-likeness (QED) is 0.703. The van der Waals surface area contributed by atoms with E-state index in [4.69, 9.17) is 4.43 Å². The third-order valence-corrected chi connectivity index (χ3v) is 8.31. The summed E-state index contributed by atoms with van der Waals surface area (Å²) in [5.74, 6) is 0.676. The van der Waals surface area contributed by atoms with Gasteiger partial charge in [-0.25, -0.2) is 0 Å². The van der Waals surface area contributed by atoms with Gasteiger partial charge < -0.3 is 4.43 Å². The van der Waals surface area contributed by atoms with Gasteiger partial charge in [0.1, 0.15) is 0 Å². The predicted molar refractivity (Wildman–Crippen MR) is 70.0 cm³/mol. The van der Waals surface area contributed by atoms with Gasteiger partial charge in [0.2, 0.25) is 0 Å². The summed E-state index contributed by atoms with van der Waals surface area (Å²) in [6.07, 6.45) is 5.39. The predicted octanol–water partition coefficient (Wildman–Crippen LogP) is 3.54. The minimum absolute atomic E-state index is 0.261. The SMILES string of the molecule is CC(C)(C)[Si](C)(C)OCC[C@H]1C=CC(=O)C1. The second-order valence-electron chi connectivity index (χ2n) is 6.19. The van der Waals surface area contributed by atoms with Crippen LogP contribution in [0.5, 0.6) is 0 Å². The molecule has 2 nitrogen and oxygen atoms in total. The molecule has 1 rings (SSSR count). The Kier molecular flexibility index (Phi) is 4.13. The van der Waals surface area contributed by atoms with Gasteiger partial charge in [-0.15, -0.1) is 0 Å². The number of rotatable bonds is 4. The van der Waals surface area contributed by atoms with Crippen molar-refractivity contribution in [2.75, 3.05) is 6.61 Å². The standard InChI is InChI=1S/C13H24O2Si/c1-13(2,3)16(4,5)15-9-8-11-6-7-12(14)10-11/h6-7,11H,8-10H2,1-5H3/t11-/m1/s1. The van der Waals surface area contributed by atoms with Gasteiger partial charge in [0.05, 0.1) is 0 Å². The second-order valence-corrected chi connectivity index (χ2v) is 11.0. The molecule has 0 N–H and O–H groups in total. The van der Waals surface area contributed by atoms with Gasteiger partial charge in [0.15, 0.2) is 14.1 Å². The van der Waals surface area contributed by atoms with Crippen molar-refractivity contribution in [1.29, 1.82) is 0 Å². The number of carbonyl (C=O) groups excluding carboxylic acids is 1. The minimum atomic E-state index is -1.60. The fourth-order valence-electron chi connectivity index (χ4n) is 1.52. The van der Waals surface area contributed by atoms with Crippen LogP contribution in [-0.4, -0.2) is 20.7 Å². The van der Waals surface area contributed by atoms with Crippen molar-refractivity contribution in [3.05, 3.63) is 12.2 Å². The lowest BCUT2D eigenvalue weighted by Crippen LogP contribution is -2.41. The van der Waals surface area contributed by atoms with Gasteiger partial charge in [-0.05, 0) is 36.5 Å². The van der Waals surface area contributed by atoms with Crippen molar-refractivity contribution >= 4 is 14.1 Å². The third kappa shape index (κ3) is 3.56. The zero-order valence-electron chi connectivity index (χ0n) is 11.2. The average molecular weight is 240 g/mol. The van der Waals surface area contributed by atoms with Crippen molar-refractivity contribution in [2.45, 2.75) is 51.7 Å². The smallest absolute Gasteiger partial charge is 0.191 e. The Bertz CT molecular complexity index is 287. The molecule has 0 heterocycles. The first-order valence-electron chi connectivity index (χ1n) is 6.07. The van der Waals surface area contributed by atoms with Crippen LogP contribution in [0.1, 0.15) is 33.6 Å². The first-order valence-corrected chi connectivity index (χ1v) is 8.98. The highest BCUT2D eigenvalue weighted by molar-refractivity contribution is 6.74. The Balaban J connectivity index is 2.31. The Hall–Kier alpha value is -0.413. The maximum absolute atomic E-state index is 11.1. The third-order valence-electron chi connectivity index (χ3n) is 3.78. The normalized spacial score (nSPS) is 21.8. The largest absolute Gasteiger partial charge is 0.417 e. The first kappa shape index (κ1) is 13.7. The number of allylic oxidation sites excluding steroid dienone is 2. The van der Waals surface area contributed by atoms with Gasteiger partial charge in [-0.1, -0.05) is 26.8 Å². The molecule has 0 aromatic heterocycles. The molecule has 1 aliphatic rings. The van der Waals surface area contributed by atoms with E-state index in [1.807, 2.05) is 6.08 Å². The van der Waals surface area contributed by atoms with Gasteiger partial charge in [0, 0.05) is 13.0 Å². The van der Waals surface area contributed by atoms with Gasteiger partial charge in [-0.2, -0.15) is 0 Å². The maximum atomic E-state index is 11.1. The van der Waals surface area contributed by atoms with Crippen molar-refractivity contribution < 1.29 is 9.22 Å². The van der Waals surface area contributed by atoms with Crippen LogP contribution in [0.25, 0.3) is 0 Å². The summed E-state index contributed by atoms with van der Waals surface area (Å²) in [7, 11) is -1.60. The van der Waals surface area contributed by atoms with E-state index in [1.165, 1.54) is 0 Å². The summed E-state index contributed by atoms with van der Waals surface area (Å²) in [5, 5.41) is 0.272.